The molecule has 0 aliphatic heterocycles. The van der Waals surface area contributed by atoms with Crippen LogP contribution in [-0.4, -0.2) is 35.2 Å². The summed E-state index contributed by atoms with van der Waals surface area (Å²) < 4.78 is 0. The summed E-state index contributed by atoms with van der Waals surface area (Å²) in [6.07, 6.45) is 0. The molecule has 3 N–H and O–H groups in total. The van der Waals surface area contributed by atoms with Crippen molar-refractivity contribution in [3.63, 3.8) is 0 Å². The maximum absolute atomic E-state index is 10.7. The summed E-state index contributed by atoms with van der Waals surface area (Å²) in [6, 6.07) is 3.18. The minimum atomic E-state index is -0.176. The van der Waals surface area contributed by atoms with Gasteiger partial charge >= 0.3 is 0 Å². The lowest BCUT2D eigenvalue weighted by Crippen LogP contribution is -2.26. The average molecular weight is 182 g/mol. The molecule has 5 nitrogen and oxygen atoms in total. The Bertz CT molecular complexity index is 289. The molecule has 0 radical (unpaired) electrons. The number of aromatic nitrogens is 2. The van der Waals surface area contributed by atoms with E-state index in [-0.39, 0.29) is 5.56 Å². The molecule has 72 valence electrons. The number of aromatic amines is 1. The fourth-order valence-electron chi connectivity index (χ4n) is 1.04. The van der Waals surface area contributed by atoms with Crippen molar-refractivity contribution < 1.29 is 0 Å². The van der Waals surface area contributed by atoms with Crippen LogP contribution in [0.5, 0.6) is 0 Å². The minimum absolute atomic E-state index is 0.176. The third kappa shape index (κ3) is 3.35. The molecule has 0 amide bonds. The van der Waals surface area contributed by atoms with Gasteiger partial charge in [0.25, 0.3) is 5.56 Å². The molecule has 1 aromatic rings. The van der Waals surface area contributed by atoms with E-state index in [1.54, 1.807) is 6.07 Å². The van der Waals surface area contributed by atoms with Crippen molar-refractivity contribution in [2.75, 3.05) is 20.1 Å². The second-order valence-electron chi connectivity index (χ2n) is 2.94. The van der Waals surface area contributed by atoms with Gasteiger partial charge < -0.3 is 5.73 Å². The summed E-state index contributed by atoms with van der Waals surface area (Å²) in [6.45, 7) is 2.15. The van der Waals surface area contributed by atoms with Crippen molar-refractivity contribution in [2.45, 2.75) is 6.54 Å². The van der Waals surface area contributed by atoms with Gasteiger partial charge in [-0.2, -0.15) is 5.10 Å². The Balaban J connectivity index is 2.54. The first-order chi connectivity index (χ1) is 6.22. The van der Waals surface area contributed by atoms with Gasteiger partial charge in [-0.1, -0.05) is 0 Å². The first-order valence-electron chi connectivity index (χ1n) is 4.15. The van der Waals surface area contributed by atoms with Gasteiger partial charge in [0.2, 0.25) is 0 Å². The van der Waals surface area contributed by atoms with E-state index in [0.29, 0.717) is 13.1 Å². The van der Waals surface area contributed by atoms with Crippen molar-refractivity contribution in [1.82, 2.24) is 15.1 Å². The minimum Gasteiger partial charge on any atom is -0.329 e. The molecule has 1 heterocycles. The van der Waals surface area contributed by atoms with Crippen molar-refractivity contribution in [3.05, 3.63) is 28.2 Å². The van der Waals surface area contributed by atoms with Gasteiger partial charge in [0.15, 0.2) is 0 Å². The summed E-state index contributed by atoms with van der Waals surface area (Å²) in [5, 5.41) is 6.26. The zero-order valence-corrected chi connectivity index (χ0v) is 7.66. The highest BCUT2D eigenvalue weighted by Gasteiger charge is 1.99. The Morgan fingerprint density at radius 3 is 2.92 bits per heavy atom. The maximum Gasteiger partial charge on any atom is 0.264 e. The smallest absolute Gasteiger partial charge is 0.264 e. The molecular formula is C8H14N4O. The molecule has 0 aromatic carbocycles. The molecule has 0 atom stereocenters. The topological polar surface area (TPSA) is 75.0 Å². The zero-order chi connectivity index (χ0) is 9.68. The van der Waals surface area contributed by atoms with Crippen LogP contribution in [0.25, 0.3) is 0 Å². The molecule has 0 unspecified atom stereocenters. The third-order valence-electron chi connectivity index (χ3n) is 1.68. The molecule has 0 saturated heterocycles. The van der Waals surface area contributed by atoms with Crippen LogP contribution in [0.15, 0.2) is 16.9 Å². The second kappa shape index (κ2) is 4.74. The number of nitrogens with one attached hydrogen (secondary N) is 1. The number of nitrogens with zero attached hydrogens (tertiary/aromatic N) is 2. The number of rotatable bonds is 4. The van der Waals surface area contributed by atoms with Gasteiger partial charge in [0.1, 0.15) is 0 Å². The van der Waals surface area contributed by atoms with Gasteiger partial charge in [0, 0.05) is 25.7 Å². The van der Waals surface area contributed by atoms with Crippen LogP contribution in [0.3, 0.4) is 0 Å². The Morgan fingerprint density at radius 1 is 1.62 bits per heavy atom. The number of hydrogen-bond acceptors (Lipinski definition) is 4. The normalized spacial score (nSPS) is 10.7. The van der Waals surface area contributed by atoms with Crippen LogP contribution in [0.1, 0.15) is 5.69 Å². The van der Waals surface area contributed by atoms with E-state index in [2.05, 4.69) is 10.2 Å². The molecule has 0 aliphatic rings. The van der Waals surface area contributed by atoms with Crippen LogP contribution in [-0.2, 0) is 6.54 Å². The predicted octanol–water partition coefficient (Wildman–Crippen LogP) is -0.840. The largest absolute Gasteiger partial charge is 0.329 e. The van der Waals surface area contributed by atoms with E-state index in [0.717, 1.165) is 12.2 Å². The second-order valence-corrected chi connectivity index (χ2v) is 2.94. The number of likely N-dealkylation sites (N-methyl/N-ethyl adjacent to an activating group) is 1. The fraction of sp³-hybridized carbons (Fsp3) is 0.500. The van der Waals surface area contributed by atoms with E-state index in [4.69, 9.17) is 5.73 Å². The van der Waals surface area contributed by atoms with Crippen molar-refractivity contribution in [3.8, 4) is 0 Å². The Labute approximate surface area is 76.6 Å². The van der Waals surface area contributed by atoms with E-state index >= 15 is 0 Å². The summed E-state index contributed by atoms with van der Waals surface area (Å²) >= 11 is 0. The average Bonchev–Trinajstić information content (AvgIpc) is 2.09. The summed E-state index contributed by atoms with van der Waals surface area (Å²) in [5.41, 5.74) is 6.05. The SMILES string of the molecule is CN(CCN)Cc1ccc(=O)[nH]n1. The quantitative estimate of drug-likeness (QED) is 0.636. The van der Waals surface area contributed by atoms with Gasteiger partial charge in [-0.3, -0.25) is 9.69 Å². The third-order valence-corrected chi connectivity index (χ3v) is 1.68. The summed E-state index contributed by atoms with van der Waals surface area (Å²) in [5.74, 6) is 0. The van der Waals surface area contributed by atoms with Crippen LogP contribution < -0.4 is 11.3 Å². The molecule has 0 aliphatic carbocycles. The monoisotopic (exact) mass is 182 g/mol. The van der Waals surface area contributed by atoms with E-state index in [1.807, 2.05) is 11.9 Å². The lowest BCUT2D eigenvalue weighted by Gasteiger charge is -2.13. The highest BCUT2D eigenvalue weighted by molar-refractivity contribution is 4.98. The number of nitrogens with two attached hydrogens (primary N) is 1. The Hall–Kier alpha value is -1.20. The Morgan fingerprint density at radius 2 is 2.38 bits per heavy atom. The highest BCUT2D eigenvalue weighted by atomic mass is 16.1. The molecule has 0 spiro atoms. The van der Waals surface area contributed by atoms with Gasteiger partial charge in [-0.25, -0.2) is 5.10 Å². The first kappa shape index (κ1) is 9.88. The first-order valence-corrected chi connectivity index (χ1v) is 4.15. The van der Waals surface area contributed by atoms with Crippen LogP contribution in [0.4, 0.5) is 0 Å². The molecule has 0 saturated carbocycles. The van der Waals surface area contributed by atoms with E-state index in [1.165, 1.54) is 6.07 Å². The van der Waals surface area contributed by atoms with Crippen LogP contribution in [0, 0.1) is 0 Å². The highest BCUT2D eigenvalue weighted by Crippen LogP contribution is 1.94. The number of hydrogen-bond donors (Lipinski definition) is 2. The van der Waals surface area contributed by atoms with Crippen molar-refractivity contribution in [2.24, 2.45) is 5.73 Å². The van der Waals surface area contributed by atoms with E-state index < -0.39 is 0 Å². The molecule has 0 fully saturated rings. The molecule has 1 rings (SSSR count). The fourth-order valence-corrected chi connectivity index (χ4v) is 1.04. The summed E-state index contributed by atoms with van der Waals surface area (Å²) in [4.78, 5) is 12.7. The standard InChI is InChI=1S/C8H14N4O/c1-12(5-4-9)6-7-2-3-8(13)11-10-7/h2-3H,4-6,9H2,1H3,(H,11,13). The van der Waals surface area contributed by atoms with Gasteiger partial charge in [-0.15, -0.1) is 0 Å². The van der Waals surface area contributed by atoms with Gasteiger partial charge in [-0.05, 0) is 13.1 Å². The molecular weight excluding hydrogens is 168 g/mol. The number of H-pyrrole nitrogens is 1. The van der Waals surface area contributed by atoms with Crippen LogP contribution >= 0.6 is 0 Å². The predicted molar refractivity (Wildman–Crippen MR) is 50.2 cm³/mol. The van der Waals surface area contributed by atoms with Crippen LogP contribution in [0.2, 0.25) is 0 Å². The van der Waals surface area contributed by atoms with Crippen molar-refractivity contribution in [1.29, 1.82) is 0 Å². The Kier molecular flexibility index (Phi) is 3.60. The lowest BCUT2D eigenvalue weighted by molar-refractivity contribution is 0.330. The maximum atomic E-state index is 10.7. The zero-order valence-electron chi connectivity index (χ0n) is 7.66. The molecule has 1 aromatic heterocycles. The van der Waals surface area contributed by atoms with Gasteiger partial charge in [0.05, 0.1) is 5.69 Å². The lowest BCUT2D eigenvalue weighted by atomic mass is 10.3. The van der Waals surface area contributed by atoms with Crippen molar-refractivity contribution >= 4 is 0 Å². The summed E-state index contributed by atoms with van der Waals surface area (Å²) in [7, 11) is 1.96. The molecule has 0 bridgehead atoms. The molecule has 13 heavy (non-hydrogen) atoms. The van der Waals surface area contributed by atoms with E-state index in [9.17, 15) is 4.79 Å². The molecule has 5 heteroatoms.